The Kier molecular flexibility index (Phi) is 6.61. The van der Waals surface area contributed by atoms with Gasteiger partial charge in [0, 0.05) is 26.7 Å². The summed E-state index contributed by atoms with van der Waals surface area (Å²) in [5.74, 6) is 0.702. The van der Waals surface area contributed by atoms with E-state index in [1.165, 1.54) is 32.4 Å². The van der Waals surface area contributed by atoms with Gasteiger partial charge < -0.3 is 15.0 Å². The summed E-state index contributed by atoms with van der Waals surface area (Å²) in [6, 6.07) is 0. The summed E-state index contributed by atoms with van der Waals surface area (Å²) in [4.78, 5) is 2.60. The number of piperidine rings is 1. The van der Waals surface area contributed by atoms with E-state index < -0.39 is 0 Å². The fraction of sp³-hybridized carbons (Fsp3) is 1.00. The summed E-state index contributed by atoms with van der Waals surface area (Å²) in [6.45, 7) is 11.6. The van der Waals surface area contributed by atoms with Crippen LogP contribution in [-0.2, 0) is 4.74 Å². The van der Waals surface area contributed by atoms with Crippen LogP contribution in [0.4, 0.5) is 0 Å². The first-order valence-corrected chi connectivity index (χ1v) is 7.44. The average Bonchev–Trinajstić information content (AvgIpc) is 2.32. The second kappa shape index (κ2) is 7.46. The molecule has 1 aliphatic rings. The molecule has 0 radical (unpaired) electrons. The van der Waals surface area contributed by atoms with Crippen LogP contribution in [0.1, 0.15) is 40.0 Å². The van der Waals surface area contributed by atoms with E-state index >= 15 is 0 Å². The van der Waals surface area contributed by atoms with E-state index in [9.17, 15) is 0 Å². The molecule has 0 aliphatic carbocycles. The van der Waals surface area contributed by atoms with Crippen molar-refractivity contribution >= 4 is 0 Å². The van der Waals surface area contributed by atoms with Gasteiger partial charge in [0.25, 0.3) is 0 Å². The van der Waals surface area contributed by atoms with E-state index in [4.69, 9.17) is 4.74 Å². The summed E-state index contributed by atoms with van der Waals surface area (Å²) in [6.07, 6.45) is 4.23. The number of hydrogen-bond donors (Lipinski definition) is 1. The van der Waals surface area contributed by atoms with Crippen molar-refractivity contribution in [1.29, 1.82) is 0 Å². The van der Waals surface area contributed by atoms with Crippen LogP contribution < -0.4 is 5.32 Å². The second-order valence-corrected chi connectivity index (χ2v) is 6.37. The van der Waals surface area contributed by atoms with Crippen molar-refractivity contribution < 1.29 is 4.74 Å². The van der Waals surface area contributed by atoms with Crippen molar-refractivity contribution in [1.82, 2.24) is 10.2 Å². The molecule has 0 amide bonds. The maximum Gasteiger partial charge on any atom is 0.0724 e. The van der Waals surface area contributed by atoms with E-state index in [-0.39, 0.29) is 0 Å². The highest BCUT2D eigenvalue weighted by Gasteiger charge is 2.31. The lowest BCUT2D eigenvalue weighted by Crippen LogP contribution is -2.49. The van der Waals surface area contributed by atoms with Crippen molar-refractivity contribution in [3.63, 3.8) is 0 Å². The van der Waals surface area contributed by atoms with E-state index in [1.54, 1.807) is 0 Å². The Morgan fingerprint density at radius 2 is 2.17 bits per heavy atom. The third-order valence-electron chi connectivity index (χ3n) is 4.34. The highest BCUT2D eigenvalue weighted by atomic mass is 16.5. The molecule has 1 rings (SSSR count). The first kappa shape index (κ1) is 15.9. The van der Waals surface area contributed by atoms with Gasteiger partial charge in [-0.1, -0.05) is 27.2 Å². The smallest absolute Gasteiger partial charge is 0.0724 e. The molecule has 3 heteroatoms. The van der Waals surface area contributed by atoms with Gasteiger partial charge in [0.05, 0.1) is 6.10 Å². The molecule has 108 valence electrons. The number of methoxy groups -OCH3 is 1. The molecule has 3 atom stereocenters. The van der Waals surface area contributed by atoms with Crippen LogP contribution in [-0.4, -0.2) is 51.3 Å². The molecule has 0 saturated carbocycles. The minimum absolute atomic E-state index is 0.391. The van der Waals surface area contributed by atoms with Crippen molar-refractivity contribution in [2.75, 3.05) is 40.3 Å². The van der Waals surface area contributed by atoms with Crippen LogP contribution in [0.25, 0.3) is 0 Å². The number of nitrogens with one attached hydrogen (secondary N) is 1. The zero-order valence-electron chi connectivity index (χ0n) is 13.0. The lowest BCUT2D eigenvalue weighted by Gasteiger charge is -2.41. The van der Waals surface area contributed by atoms with Crippen LogP contribution in [0.3, 0.4) is 0 Å². The third kappa shape index (κ3) is 4.52. The molecular formula is C15H32N2O. The van der Waals surface area contributed by atoms with E-state index in [0.717, 1.165) is 13.1 Å². The van der Waals surface area contributed by atoms with Crippen molar-refractivity contribution in [2.24, 2.45) is 11.3 Å². The fourth-order valence-electron chi connectivity index (χ4n) is 3.34. The minimum Gasteiger partial charge on any atom is -0.380 e. The summed E-state index contributed by atoms with van der Waals surface area (Å²) < 4.78 is 5.61. The molecule has 3 unspecified atom stereocenters. The Hall–Kier alpha value is -0.120. The van der Waals surface area contributed by atoms with Crippen LogP contribution in [0.15, 0.2) is 0 Å². The van der Waals surface area contributed by atoms with Crippen LogP contribution in [0, 0.1) is 11.3 Å². The average molecular weight is 256 g/mol. The molecule has 0 aromatic heterocycles. The van der Waals surface area contributed by atoms with Crippen LogP contribution >= 0.6 is 0 Å². The van der Waals surface area contributed by atoms with Crippen molar-refractivity contribution in [3.8, 4) is 0 Å². The molecule has 0 aromatic rings. The first-order chi connectivity index (χ1) is 8.54. The highest BCUT2D eigenvalue weighted by Crippen LogP contribution is 2.27. The predicted molar refractivity (Wildman–Crippen MR) is 78.0 cm³/mol. The quantitative estimate of drug-likeness (QED) is 0.757. The van der Waals surface area contributed by atoms with Crippen LogP contribution in [0.2, 0.25) is 0 Å². The Morgan fingerprint density at radius 3 is 2.72 bits per heavy atom. The first-order valence-electron chi connectivity index (χ1n) is 7.44. The Morgan fingerprint density at radius 1 is 1.44 bits per heavy atom. The molecule has 1 heterocycles. The topological polar surface area (TPSA) is 24.5 Å². The number of nitrogens with zero attached hydrogens (tertiary/aromatic N) is 1. The molecule has 0 aromatic carbocycles. The standard InChI is InChI=1S/C15H32N2O/c1-6-8-15(3,11-16-4)12-17-9-7-13(2)14(10-17)18-5/h13-14,16H,6-12H2,1-5H3. The largest absolute Gasteiger partial charge is 0.380 e. The van der Waals surface area contributed by atoms with Gasteiger partial charge in [-0.3, -0.25) is 0 Å². The van der Waals surface area contributed by atoms with E-state index in [2.05, 4.69) is 38.0 Å². The van der Waals surface area contributed by atoms with E-state index in [1.807, 2.05) is 7.11 Å². The SMILES string of the molecule is CCCC(C)(CNC)CN1CCC(C)C(OC)C1. The Labute approximate surface area is 113 Å². The minimum atomic E-state index is 0.391. The lowest BCUT2D eigenvalue weighted by molar-refractivity contribution is -0.0171. The summed E-state index contributed by atoms with van der Waals surface area (Å²) >= 11 is 0. The highest BCUT2D eigenvalue weighted by molar-refractivity contribution is 4.85. The molecule has 0 spiro atoms. The maximum absolute atomic E-state index is 5.61. The van der Waals surface area contributed by atoms with E-state index in [0.29, 0.717) is 17.4 Å². The molecule has 1 N–H and O–H groups in total. The molecule has 1 saturated heterocycles. The van der Waals surface area contributed by atoms with Crippen molar-refractivity contribution in [2.45, 2.75) is 46.1 Å². The van der Waals surface area contributed by atoms with Gasteiger partial charge in [-0.2, -0.15) is 0 Å². The monoisotopic (exact) mass is 256 g/mol. The lowest BCUT2D eigenvalue weighted by atomic mass is 9.83. The van der Waals surface area contributed by atoms with Gasteiger partial charge >= 0.3 is 0 Å². The molecule has 0 bridgehead atoms. The van der Waals surface area contributed by atoms with Gasteiger partial charge in [-0.25, -0.2) is 0 Å². The predicted octanol–water partition coefficient (Wildman–Crippen LogP) is 2.37. The van der Waals surface area contributed by atoms with Crippen molar-refractivity contribution in [3.05, 3.63) is 0 Å². The molecule has 3 nitrogen and oxygen atoms in total. The van der Waals surface area contributed by atoms with Gasteiger partial charge in [0.15, 0.2) is 0 Å². The second-order valence-electron chi connectivity index (χ2n) is 6.37. The fourth-order valence-corrected chi connectivity index (χ4v) is 3.34. The van der Waals surface area contributed by atoms with Crippen LogP contribution in [0.5, 0.6) is 0 Å². The number of rotatable bonds is 7. The number of likely N-dealkylation sites (tertiary alicyclic amines) is 1. The van der Waals surface area contributed by atoms with Gasteiger partial charge in [0.2, 0.25) is 0 Å². The van der Waals surface area contributed by atoms with Gasteiger partial charge in [0.1, 0.15) is 0 Å². The third-order valence-corrected chi connectivity index (χ3v) is 4.34. The number of hydrogen-bond acceptors (Lipinski definition) is 3. The number of ether oxygens (including phenoxy) is 1. The molecular weight excluding hydrogens is 224 g/mol. The van der Waals surface area contributed by atoms with Gasteiger partial charge in [-0.15, -0.1) is 0 Å². The zero-order valence-corrected chi connectivity index (χ0v) is 13.0. The zero-order chi connectivity index (χ0) is 13.6. The summed E-state index contributed by atoms with van der Waals surface area (Å²) in [5, 5.41) is 3.36. The summed E-state index contributed by atoms with van der Waals surface area (Å²) in [5.41, 5.74) is 0.391. The van der Waals surface area contributed by atoms with Gasteiger partial charge in [-0.05, 0) is 37.8 Å². The Bertz CT molecular complexity index is 227. The Balaban J connectivity index is 2.53. The normalized spacial score (nSPS) is 29.2. The maximum atomic E-state index is 5.61. The molecule has 1 aliphatic heterocycles. The summed E-state index contributed by atoms with van der Waals surface area (Å²) in [7, 11) is 3.91. The molecule has 18 heavy (non-hydrogen) atoms. The molecule has 1 fully saturated rings.